The topological polar surface area (TPSA) is 122 Å². The van der Waals surface area contributed by atoms with E-state index in [9.17, 15) is 21.6 Å². The lowest BCUT2D eigenvalue weighted by atomic mass is 10.1. The fourth-order valence-corrected chi connectivity index (χ4v) is 7.19. The van der Waals surface area contributed by atoms with Crippen LogP contribution in [0.15, 0.2) is 131 Å². The molecule has 0 atom stereocenters. The average molecular weight is 656 g/mol. The van der Waals surface area contributed by atoms with Gasteiger partial charge in [0.1, 0.15) is 18.0 Å². The minimum atomic E-state index is -4.15. The van der Waals surface area contributed by atoms with Gasteiger partial charge in [-0.2, -0.15) is 0 Å². The number of sulfonamides is 2. The van der Waals surface area contributed by atoms with Crippen molar-refractivity contribution in [3.8, 4) is 11.5 Å². The van der Waals surface area contributed by atoms with Crippen molar-refractivity contribution in [2.24, 2.45) is 0 Å². The molecule has 1 amide bonds. The van der Waals surface area contributed by atoms with E-state index in [1.807, 2.05) is 51.1 Å². The van der Waals surface area contributed by atoms with E-state index in [0.29, 0.717) is 22.9 Å². The molecule has 236 valence electrons. The summed E-state index contributed by atoms with van der Waals surface area (Å²) in [7, 11) is -8.03. The lowest BCUT2D eigenvalue weighted by molar-refractivity contribution is -0.114. The van der Waals surface area contributed by atoms with E-state index in [0.717, 1.165) is 21.0 Å². The van der Waals surface area contributed by atoms with Crippen LogP contribution in [0.2, 0.25) is 0 Å². The minimum absolute atomic E-state index is 0.00635. The van der Waals surface area contributed by atoms with Crippen molar-refractivity contribution in [3.05, 3.63) is 138 Å². The molecule has 0 bridgehead atoms. The van der Waals surface area contributed by atoms with Gasteiger partial charge < -0.3 is 10.1 Å². The first-order chi connectivity index (χ1) is 21.9. The SMILES string of the molecule is Cc1ccc(S(=O)(=O)N(CC(=O)Nc2ccc(S(=O)(=O)Nc3ccc(C)cc3C)cc2)c2ccc(Oc3ccccc3)cc2)cc1. The summed E-state index contributed by atoms with van der Waals surface area (Å²) in [5.41, 5.74) is 3.72. The molecule has 0 aliphatic carbocycles. The fourth-order valence-electron chi connectivity index (χ4n) is 4.64. The third-order valence-corrected chi connectivity index (χ3v) is 10.2. The lowest BCUT2D eigenvalue weighted by Crippen LogP contribution is -2.38. The van der Waals surface area contributed by atoms with E-state index in [4.69, 9.17) is 4.74 Å². The van der Waals surface area contributed by atoms with Gasteiger partial charge in [0.15, 0.2) is 0 Å². The number of para-hydroxylation sites is 1. The van der Waals surface area contributed by atoms with Gasteiger partial charge in [-0.15, -0.1) is 0 Å². The molecule has 0 saturated heterocycles. The van der Waals surface area contributed by atoms with Gasteiger partial charge in [0.2, 0.25) is 5.91 Å². The van der Waals surface area contributed by atoms with E-state index >= 15 is 0 Å². The van der Waals surface area contributed by atoms with Crippen molar-refractivity contribution in [2.45, 2.75) is 30.6 Å². The number of aryl methyl sites for hydroxylation is 3. The minimum Gasteiger partial charge on any atom is -0.457 e. The van der Waals surface area contributed by atoms with Crippen LogP contribution in [0.4, 0.5) is 17.1 Å². The first-order valence-corrected chi connectivity index (χ1v) is 17.3. The average Bonchev–Trinajstić information content (AvgIpc) is 3.03. The Balaban J connectivity index is 1.34. The summed E-state index contributed by atoms with van der Waals surface area (Å²) in [6.45, 7) is 5.05. The first-order valence-electron chi connectivity index (χ1n) is 14.3. The second-order valence-corrected chi connectivity index (χ2v) is 14.3. The van der Waals surface area contributed by atoms with E-state index in [1.54, 1.807) is 54.6 Å². The number of carbonyl (C=O) groups excluding carboxylic acids is 1. The Morgan fingerprint density at radius 3 is 1.89 bits per heavy atom. The summed E-state index contributed by atoms with van der Waals surface area (Å²) in [5, 5.41) is 2.68. The Kier molecular flexibility index (Phi) is 9.45. The normalized spacial score (nSPS) is 11.5. The van der Waals surface area contributed by atoms with Gasteiger partial charge >= 0.3 is 0 Å². The number of nitrogens with one attached hydrogen (secondary N) is 2. The standard InChI is InChI=1S/C35H33N3O6S2/c1-25-9-18-33(19-10-25)46(42,43)38(29-14-16-31(17-15-29)44-30-7-5-4-6-8-30)24-35(39)36-28-12-20-32(21-13-28)45(40,41)37-34-22-11-26(2)23-27(34)3/h4-23,37H,24H2,1-3H3,(H,36,39). The third kappa shape index (κ3) is 7.74. The molecule has 5 aromatic rings. The van der Waals surface area contributed by atoms with Crippen molar-refractivity contribution in [3.63, 3.8) is 0 Å². The van der Waals surface area contributed by atoms with Crippen LogP contribution >= 0.6 is 0 Å². The van der Waals surface area contributed by atoms with Gasteiger partial charge in [-0.3, -0.25) is 13.8 Å². The molecule has 0 aliphatic rings. The number of rotatable bonds is 11. The first kappa shape index (κ1) is 32.3. The van der Waals surface area contributed by atoms with Gasteiger partial charge in [0.05, 0.1) is 21.2 Å². The zero-order valence-corrected chi connectivity index (χ0v) is 27.1. The number of hydrogen-bond acceptors (Lipinski definition) is 6. The van der Waals surface area contributed by atoms with Crippen molar-refractivity contribution in [2.75, 3.05) is 20.9 Å². The maximum Gasteiger partial charge on any atom is 0.264 e. The monoisotopic (exact) mass is 655 g/mol. The Hall–Kier alpha value is -5.13. The van der Waals surface area contributed by atoms with Crippen molar-refractivity contribution < 1.29 is 26.4 Å². The number of nitrogens with zero attached hydrogens (tertiary/aromatic N) is 1. The van der Waals surface area contributed by atoms with Gasteiger partial charge in [0, 0.05) is 5.69 Å². The van der Waals surface area contributed by atoms with Crippen molar-refractivity contribution >= 4 is 43.0 Å². The molecule has 0 saturated carbocycles. The molecule has 5 rings (SSSR count). The second-order valence-electron chi connectivity index (χ2n) is 10.7. The van der Waals surface area contributed by atoms with Gasteiger partial charge in [0.25, 0.3) is 20.0 Å². The highest BCUT2D eigenvalue weighted by molar-refractivity contribution is 7.93. The van der Waals surface area contributed by atoms with Crippen LogP contribution < -0.4 is 19.1 Å². The summed E-state index contributed by atoms with van der Waals surface area (Å²) in [5.74, 6) is 0.497. The molecule has 0 heterocycles. The molecule has 9 nitrogen and oxygen atoms in total. The predicted octanol–water partition coefficient (Wildman–Crippen LogP) is 7.04. The van der Waals surface area contributed by atoms with E-state index < -0.39 is 32.5 Å². The largest absolute Gasteiger partial charge is 0.457 e. The van der Waals surface area contributed by atoms with Crippen LogP contribution in [0.3, 0.4) is 0 Å². The van der Waals surface area contributed by atoms with Crippen LogP contribution in [-0.2, 0) is 24.8 Å². The molecular weight excluding hydrogens is 623 g/mol. The van der Waals surface area contributed by atoms with Crippen LogP contribution in [0.5, 0.6) is 11.5 Å². The highest BCUT2D eigenvalue weighted by Gasteiger charge is 2.27. The Bertz CT molecular complexity index is 2050. The Labute approximate surface area is 269 Å². The summed E-state index contributed by atoms with van der Waals surface area (Å²) in [6.07, 6.45) is 0. The summed E-state index contributed by atoms with van der Waals surface area (Å²) in [6, 6.07) is 32.9. The Morgan fingerprint density at radius 2 is 1.26 bits per heavy atom. The zero-order valence-electron chi connectivity index (χ0n) is 25.5. The van der Waals surface area contributed by atoms with Crippen LogP contribution in [0, 0.1) is 20.8 Å². The second kappa shape index (κ2) is 13.5. The number of benzene rings is 5. The van der Waals surface area contributed by atoms with E-state index in [-0.39, 0.29) is 15.5 Å². The maximum absolute atomic E-state index is 13.8. The molecule has 0 spiro atoms. The highest BCUT2D eigenvalue weighted by atomic mass is 32.2. The molecule has 0 fully saturated rings. The van der Waals surface area contributed by atoms with Crippen LogP contribution in [0.25, 0.3) is 0 Å². The van der Waals surface area contributed by atoms with Crippen molar-refractivity contribution in [1.29, 1.82) is 0 Å². The molecule has 46 heavy (non-hydrogen) atoms. The molecule has 0 radical (unpaired) electrons. The molecule has 2 N–H and O–H groups in total. The smallest absolute Gasteiger partial charge is 0.264 e. The number of ether oxygens (including phenoxy) is 1. The summed E-state index contributed by atoms with van der Waals surface area (Å²) in [4.78, 5) is 13.3. The van der Waals surface area contributed by atoms with Gasteiger partial charge in [-0.1, -0.05) is 53.6 Å². The third-order valence-electron chi connectivity index (χ3n) is 7.07. The molecular formula is C35H33N3O6S2. The highest BCUT2D eigenvalue weighted by Crippen LogP contribution is 2.29. The van der Waals surface area contributed by atoms with Crippen LogP contribution in [0.1, 0.15) is 16.7 Å². The number of anilines is 3. The quantitative estimate of drug-likeness (QED) is 0.157. The molecule has 11 heteroatoms. The summed E-state index contributed by atoms with van der Waals surface area (Å²) >= 11 is 0. The number of hydrogen-bond donors (Lipinski definition) is 2. The van der Waals surface area contributed by atoms with Crippen LogP contribution in [-0.4, -0.2) is 29.3 Å². The maximum atomic E-state index is 13.8. The predicted molar refractivity (Wildman–Crippen MR) is 180 cm³/mol. The van der Waals surface area contributed by atoms with Gasteiger partial charge in [-0.05, 0) is 105 Å². The number of carbonyl (C=O) groups is 1. The Morgan fingerprint density at radius 1 is 0.674 bits per heavy atom. The molecule has 5 aromatic carbocycles. The van der Waals surface area contributed by atoms with Crippen molar-refractivity contribution in [1.82, 2.24) is 0 Å². The van der Waals surface area contributed by atoms with E-state index in [2.05, 4.69) is 10.0 Å². The molecule has 0 aliphatic heterocycles. The molecule has 0 aromatic heterocycles. The zero-order chi connectivity index (χ0) is 32.9. The number of amides is 1. The summed E-state index contributed by atoms with van der Waals surface area (Å²) < 4.78 is 63.0. The lowest BCUT2D eigenvalue weighted by Gasteiger charge is -2.24. The molecule has 0 unspecified atom stereocenters. The van der Waals surface area contributed by atoms with E-state index in [1.165, 1.54) is 36.4 Å². The van der Waals surface area contributed by atoms with Gasteiger partial charge in [-0.25, -0.2) is 16.8 Å². The fraction of sp³-hybridized carbons (Fsp3) is 0.114.